The van der Waals surface area contributed by atoms with Gasteiger partial charge < -0.3 is 5.32 Å². The second-order valence-electron chi connectivity index (χ2n) is 6.14. The Hall–Kier alpha value is -1.02. The fraction of sp³-hybridized carbons (Fsp3) is 0.625. The van der Waals surface area contributed by atoms with Crippen molar-refractivity contribution in [2.75, 3.05) is 25.0 Å². The minimum absolute atomic E-state index is 0.713. The summed E-state index contributed by atoms with van der Waals surface area (Å²) >= 11 is 0. The molecule has 2 heterocycles. The summed E-state index contributed by atoms with van der Waals surface area (Å²) in [6.07, 6.45) is 2.51. The van der Waals surface area contributed by atoms with Crippen molar-refractivity contribution in [2.24, 2.45) is 11.8 Å². The summed E-state index contributed by atoms with van der Waals surface area (Å²) in [5, 5.41) is 3.64. The molecule has 3 unspecified atom stereocenters. The maximum Gasteiger partial charge on any atom is 0.0373 e. The molecule has 0 aromatic heterocycles. The predicted molar refractivity (Wildman–Crippen MR) is 76.9 cm³/mol. The fourth-order valence-corrected chi connectivity index (χ4v) is 3.35. The molecule has 1 aromatic rings. The molecule has 3 rings (SSSR count). The van der Waals surface area contributed by atoms with Crippen LogP contribution < -0.4 is 5.32 Å². The van der Waals surface area contributed by atoms with E-state index in [1.807, 2.05) is 0 Å². The van der Waals surface area contributed by atoms with E-state index in [9.17, 15) is 0 Å². The summed E-state index contributed by atoms with van der Waals surface area (Å²) in [5.41, 5.74) is 2.83. The van der Waals surface area contributed by atoms with Gasteiger partial charge in [-0.05, 0) is 36.3 Å². The van der Waals surface area contributed by atoms with Gasteiger partial charge in [0.15, 0.2) is 0 Å². The smallest absolute Gasteiger partial charge is 0.0373 e. The average Bonchev–Trinajstić information content (AvgIpc) is 2.62. The van der Waals surface area contributed by atoms with E-state index in [0.29, 0.717) is 6.04 Å². The van der Waals surface area contributed by atoms with Gasteiger partial charge in [0.2, 0.25) is 0 Å². The minimum Gasteiger partial charge on any atom is -0.383 e. The molecule has 0 saturated carbocycles. The highest BCUT2D eigenvalue weighted by Crippen LogP contribution is 2.28. The summed E-state index contributed by atoms with van der Waals surface area (Å²) in [4.78, 5) is 2.70. The van der Waals surface area contributed by atoms with Gasteiger partial charge in [0, 0.05) is 31.4 Å². The second kappa shape index (κ2) is 4.93. The Balaban J connectivity index is 1.68. The molecule has 2 heteroatoms. The molecule has 0 aliphatic carbocycles. The number of likely N-dealkylation sites (tertiary alicyclic amines) is 1. The van der Waals surface area contributed by atoms with Gasteiger partial charge in [-0.2, -0.15) is 0 Å². The van der Waals surface area contributed by atoms with Crippen LogP contribution in [0.4, 0.5) is 5.69 Å². The largest absolute Gasteiger partial charge is 0.383 e. The van der Waals surface area contributed by atoms with Crippen LogP contribution in [-0.4, -0.2) is 30.6 Å². The molecule has 0 spiro atoms. The first kappa shape index (κ1) is 12.0. The average molecular weight is 244 g/mol. The summed E-state index contributed by atoms with van der Waals surface area (Å²) < 4.78 is 0. The Labute approximate surface area is 110 Å². The van der Waals surface area contributed by atoms with E-state index in [4.69, 9.17) is 0 Å². The lowest BCUT2D eigenvalue weighted by Crippen LogP contribution is -2.38. The SMILES string of the molecule is CC1CN(C2CCc3ccccc3NC2)CC1C. The maximum absolute atomic E-state index is 3.64. The van der Waals surface area contributed by atoms with Crippen LogP contribution in [0.3, 0.4) is 0 Å². The van der Waals surface area contributed by atoms with Crippen LogP contribution in [0, 0.1) is 11.8 Å². The Kier molecular flexibility index (Phi) is 3.29. The lowest BCUT2D eigenvalue weighted by atomic mass is 10.0. The molecule has 0 radical (unpaired) electrons. The molecule has 1 saturated heterocycles. The molecule has 2 nitrogen and oxygen atoms in total. The molecule has 0 bridgehead atoms. The molecule has 2 aliphatic rings. The van der Waals surface area contributed by atoms with Gasteiger partial charge in [0.05, 0.1) is 0 Å². The number of hydrogen-bond acceptors (Lipinski definition) is 2. The summed E-state index contributed by atoms with van der Waals surface area (Å²) in [5.74, 6) is 1.71. The van der Waals surface area contributed by atoms with Gasteiger partial charge in [-0.1, -0.05) is 32.0 Å². The number of benzene rings is 1. The lowest BCUT2D eigenvalue weighted by Gasteiger charge is -2.26. The first-order valence-electron chi connectivity index (χ1n) is 7.30. The van der Waals surface area contributed by atoms with Crippen molar-refractivity contribution < 1.29 is 0 Å². The van der Waals surface area contributed by atoms with Crippen LogP contribution >= 0.6 is 0 Å². The van der Waals surface area contributed by atoms with E-state index in [1.54, 1.807) is 0 Å². The van der Waals surface area contributed by atoms with Gasteiger partial charge in [-0.15, -0.1) is 0 Å². The fourth-order valence-electron chi connectivity index (χ4n) is 3.35. The topological polar surface area (TPSA) is 15.3 Å². The molecule has 1 N–H and O–H groups in total. The molecule has 1 fully saturated rings. The van der Waals surface area contributed by atoms with Crippen LogP contribution in [0.5, 0.6) is 0 Å². The highest BCUT2D eigenvalue weighted by Gasteiger charge is 2.31. The minimum atomic E-state index is 0.713. The molecule has 2 aliphatic heterocycles. The maximum atomic E-state index is 3.64. The first-order valence-corrected chi connectivity index (χ1v) is 7.30. The Morgan fingerprint density at radius 3 is 2.61 bits per heavy atom. The molecular formula is C16H24N2. The third-order valence-corrected chi connectivity index (χ3v) is 4.83. The Bertz CT molecular complexity index is 378. The molecule has 0 amide bonds. The normalized spacial score (nSPS) is 32.7. The zero-order chi connectivity index (χ0) is 12.5. The lowest BCUT2D eigenvalue weighted by molar-refractivity contribution is 0.232. The molecule has 18 heavy (non-hydrogen) atoms. The van der Waals surface area contributed by atoms with Gasteiger partial charge >= 0.3 is 0 Å². The number of rotatable bonds is 1. The third kappa shape index (κ3) is 2.26. The van der Waals surface area contributed by atoms with Crippen molar-refractivity contribution in [3.63, 3.8) is 0 Å². The van der Waals surface area contributed by atoms with Crippen LogP contribution in [0.25, 0.3) is 0 Å². The first-order chi connectivity index (χ1) is 8.74. The molecular weight excluding hydrogens is 220 g/mol. The van der Waals surface area contributed by atoms with Crippen molar-refractivity contribution in [1.82, 2.24) is 4.90 Å². The van der Waals surface area contributed by atoms with Crippen molar-refractivity contribution in [1.29, 1.82) is 0 Å². The predicted octanol–water partition coefficient (Wildman–Crippen LogP) is 3.00. The van der Waals surface area contributed by atoms with Crippen molar-refractivity contribution in [3.8, 4) is 0 Å². The number of para-hydroxylation sites is 1. The van der Waals surface area contributed by atoms with E-state index >= 15 is 0 Å². The summed E-state index contributed by atoms with van der Waals surface area (Å²) in [6.45, 7) is 8.46. The van der Waals surface area contributed by atoms with E-state index in [2.05, 4.69) is 48.3 Å². The highest BCUT2D eigenvalue weighted by molar-refractivity contribution is 5.52. The van der Waals surface area contributed by atoms with Crippen LogP contribution in [0.2, 0.25) is 0 Å². The summed E-state index contributed by atoms with van der Waals surface area (Å²) in [6, 6.07) is 9.48. The second-order valence-corrected chi connectivity index (χ2v) is 6.14. The van der Waals surface area contributed by atoms with E-state index < -0.39 is 0 Å². The number of hydrogen-bond donors (Lipinski definition) is 1. The Morgan fingerprint density at radius 1 is 1.11 bits per heavy atom. The number of aryl methyl sites for hydroxylation is 1. The van der Waals surface area contributed by atoms with Crippen LogP contribution in [0.1, 0.15) is 25.8 Å². The van der Waals surface area contributed by atoms with Crippen molar-refractivity contribution in [3.05, 3.63) is 29.8 Å². The van der Waals surface area contributed by atoms with E-state index in [-0.39, 0.29) is 0 Å². The zero-order valence-corrected chi connectivity index (χ0v) is 11.5. The number of anilines is 1. The quantitative estimate of drug-likeness (QED) is 0.817. The van der Waals surface area contributed by atoms with E-state index in [0.717, 1.165) is 18.4 Å². The van der Waals surface area contributed by atoms with Gasteiger partial charge in [-0.3, -0.25) is 4.90 Å². The standard InChI is InChI=1S/C16H24N2/c1-12-10-18(11-13(12)2)15-8-7-14-5-3-4-6-16(14)17-9-15/h3-6,12-13,15,17H,7-11H2,1-2H3. The van der Waals surface area contributed by atoms with Gasteiger partial charge in [-0.25, -0.2) is 0 Å². The van der Waals surface area contributed by atoms with E-state index in [1.165, 1.54) is 37.2 Å². The molecule has 3 atom stereocenters. The summed E-state index contributed by atoms with van der Waals surface area (Å²) in [7, 11) is 0. The van der Waals surface area contributed by atoms with Crippen LogP contribution in [-0.2, 0) is 6.42 Å². The zero-order valence-electron chi connectivity index (χ0n) is 11.5. The monoisotopic (exact) mass is 244 g/mol. The van der Waals surface area contributed by atoms with Crippen molar-refractivity contribution in [2.45, 2.75) is 32.7 Å². The van der Waals surface area contributed by atoms with Gasteiger partial charge in [0.25, 0.3) is 0 Å². The van der Waals surface area contributed by atoms with Crippen molar-refractivity contribution >= 4 is 5.69 Å². The molecule has 98 valence electrons. The third-order valence-electron chi connectivity index (χ3n) is 4.83. The van der Waals surface area contributed by atoms with Gasteiger partial charge in [0.1, 0.15) is 0 Å². The number of nitrogens with zero attached hydrogens (tertiary/aromatic N) is 1. The Morgan fingerprint density at radius 2 is 1.83 bits per heavy atom. The molecule has 1 aromatic carbocycles. The van der Waals surface area contributed by atoms with Crippen LogP contribution in [0.15, 0.2) is 24.3 Å². The number of nitrogens with one attached hydrogen (secondary N) is 1. The number of fused-ring (bicyclic) bond motifs is 1. The highest BCUT2D eigenvalue weighted by atomic mass is 15.2.